The van der Waals surface area contributed by atoms with Gasteiger partial charge in [-0.15, -0.1) is 0 Å². The fraction of sp³-hybridized carbons (Fsp3) is 0.467. The summed E-state index contributed by atoms with van der Waals surface area (Å²) in [5.41, 5.74) is 2.05. The highest BCUT2D eigenvalue weighted by molar-refractivity contribution is 6.02. The number of nitrogens with zero attached hydrogens (tertiary/aromatic N) is 2. The number of fused-ring (bicyclic) bond motifs is 1. The van der Waals surface area contributed by atoms with Crippen molar-refractivity contribution in [1.29, 1.82) is 0 Å². The molecule has 0 bridgehead atoms. The lowest BCUT2D eigenvalue weighted by molar-refractivity contribution is 0.0542. The van der Waals surface area contributed by atoms with Crippen molar-refractivity contribution < 1.29 is 4.79 Å². The van der Waals surface area contributed by atoms with Crippen LogP contribution >= 0.6 is 0 Å². The Hall–Kier alpha value is -1.84. The van der Waals surface area contributed by atoms with Gasteiger partial charge in [-0.05, 0) is 38.8 Å². The summed E-state index contributed by atoms with van der Waals surface area (Å²) in [4.78, 5) is 12.6. The number of amides is 1. The van der Waals surface area contributed by atoms with E-state index in [0.717, 1.165) is 24.2 Å². The molecular weight excluding hydrogens is 238 g/mol. The third-order valence-corrected chi connectivity index (χ3v) is 3.69. The first-order valence-corrected chi connectivity index (χ1v) is 6.77. The quantitative estimate of drug-likeness (QED) is 0.845. The molecule has 0 radical (unpaired) electrons. The highest BCUT2D eigenvalue weighted by Crippen LogP contribution is 2.33. The van der Waals surface area contributed by atoms with Crippen LogP contribution < -0.4 is 5.32 Å². The summed E-state index contributed by atoms with van der Waals surface area (Å²) in [6, 6.07) is 7.59. The number of carbonyl (C=O) groups is 1. The lowest BCUT2D eigenvalue weighted by Crippen LogP contribution is -2.55. The van der Waals surface area contributed by atoms with Crippen molar-refractivity contribution in [3.63, 3.8) is 0 Å². The number of benzene rings is 1. The minimum absolute atomic E-state index is 0.0356. The van der Waals surface area contributed by atoms with Gasteiger partial charge in [0.05, 0.1) is 5.56 Å². The van der Waals surface area contributed by atoms with Crippen molar-refractivity contribution >= 4 is 17.3 Å². The van der Waals surface area contributed by atoms with Crippen LogP contribution in [0.25, 0.3) is 0 Å². The molecule has 1 amide bonds. The molecule has 1 aromatic carbocycles. The number of hydrogen-bond acceptors (Lipinski definition) is 3. The Kier molecular flexibility index (Phi) is 3.60. The molecule has 0 aliphatic carbocycles. The van der Waals surface area contributed by atoms with Gasteiger partial charge in [-0.1, -0.05) is 26.0 Å². The van der Waals surface area contributed by atoms with E-state index in [1.165, 1.54) is 0 Å². The molecule has 1 aromatic rings. The molecule has 2 rings (SSSR count). The first-order valence-electron chi connectivity index (χ1n) is 6.77. The first kappa shape index (κ1) is 13.6. The van der Waals surface area contributed by atoms with Crippen molar-refractivity contribution in [2.45, 2.75) is 46.2 Å². The maximum atomic E-state index is 12.6. The van der Waals surface area contributed by atoms with Crippen molar-refractivity contribution in [2.24, 2.45) is 5.10 Å². The van der Waals surface area contributed by atoms with Gasteiger partial charge in [0.1, 0.15) is 5.66 Å². The lowest BCUT2D eigenvalue weighted by Gasteiger charge is -2.43. The highest BCUT2D eigenvalue weighted by Gasteiger charge is 2.40. The predicted molar refractivity (Wildman–Crippen MR) is 78.3 cm³/mol. The number of carbonyl (C=O) groups excluding carboxylic acids is 1. The molecule has 0 saturated carbocycles. The molecular formula is C15H21N3O. The standard InChI is InChI=1S/C15H21N3O/c1-5-11(3)17-18-14(19)12-9-7-8-10-13(12)16-15(18,4)6-2/h7-10,16H,5-6H2,1-4H3/b17-11+. The second kappa shape index (κ2) is 5.03. The van der Waals surface area contributed by atoms with Gasteiger partial charge in [0.25, 0.3) is 5.91 Å². The number of anilines is 1. The van der Waals surface area contributed by atoms with Crippen LogP contribution in [0.5, 0.6) is 0 Å². The third-order valence-electron chi connectivity index (χ3n) is 3.69. The van der Waals surface area contributed by atoms with Crippen LogP contribution in [0.1, 0.15) is 50.9 Å². The summed E-state index contributed by atoms with van der Waals surface area (Å²) in [5.74, 6) is -0.0356. The minimum atomic E-state index is -0.470. The van der Waals surface area contributed by atoms with E-state index in [2.05, 4.69) is 17.3 Å². The molecule has 1 N–H and O–H groups in total. The lowest BCUT2D eigenvalue weighted by atomic mass is 10.0. The van der Waals surface area contributed by atoms with E-state index in [9.17, 15) is 4.79 Å². The maximum absolute atomic E-state index is 12.6. The number of rotatable bonds is 3. The van der Waals surface area contributed by atoms with Crippen molar-refractivity contribution in [3.8, 4) is 0 Å². The van der Waals surface area contributed by atoms with Crippen LogP contribution in [0.3, 0.4) is 0 Å². The molecule has 0 fully saturated rings. The summed E-state index contributed by atoms with van der Waals surface area (Å²) >= 11 is 0. The Morgan fingerprint density at radius 1 is 1.37 bits per heavy atom. The molecule has 102 valence electrons. The molecule has 4 heteroatoms. The van der Waals surface area contributed by atoms with E-state index in [1.54, 1.807) is 5.01 Å². The van der Waals surface area contributed by atoms with Crippen molar-refractivity contribution in [2.75, 3.05) is 5.32 Å². The SMILES string of the molecule is CC/C(C)=N/N1C(=O)c2ccccc2NC1(C)CC. The Morgan fingerprint density at radius 3 is 2.68 bits per heavy atom. The number of hydrogen-bond donors (Lipinski definition) is 1. The van der Waals surface area contributed by atoms with Crippen LogP contribution in [-0.4, -0.2) is 22.3 Å². The van der Waals surface area contributed by atoms with Gasteiger partial charge in [0.15, 0.2) is 0 Å². The normalized spacial score (nSPS) is 23.1. The molecule has 0 saturated heterocycles. The number of hydrazone groups is 1. The van der Waals surface area contributed by atoms with E-state index in [4.69, 9.17) is 0 Å². The molecule has 1 aliphatic heterocycles. The van der Waals surface area contributed by atoms with E-state index in [1.807, 2.05) is 45.0 Å². The van der Waals surface area contributed by atoms with Crippen LogP contribution in [0.15, 0.2) is 29.4 Å². The topological polar surface area (TPSA) is 44.7 Å². The summed E-state index contributed by atoms with van der Waals surface area (Å²) in [6.07, 6.45) is 1.62. The summed E-state index contributed by atoms with van der Waals surface area (Å²) in [7, 11) is 0. The van der Waals surface area contributed by atoms with Crippen LogP contribution in [-0.2, 0) is 0 Å². The Bertz CT molecular complexity index is 524. The average Bonchev–Trinajstić information content (AvgIpc) is 2.43. The molecule has 0 spiro atoms. The second-order valence-electron chi connectivity index (χ2n) is 5.10. The number of para-hydroxylation sites is 1. The van der Waals surface area contributed by atoms with Crippen molar-refractivity contribution in [3.05, 3.63) is 29.8 Å². The summed E-state index contributed by atoms with van der Waals surface area (Å²) < 4.78 is 0. The predicted octanol–water partition coefficient (Wildman–Crippen LogP) is 3.47. The zero-order valence-electron chi connectivity index (χ0n) is 12.0. The van der Waals surface area contributed by atoms with Crippen molar-refractivity contribution in [1.82, 2.24) is 5.01 Å². The highest BCUT2D eigenvalue weighted by atomic mass is 16.2. The molecule has 1 heterocycles. The Labute approximate surface area is 114 Å². The van der Waals surface area contributed by atoms with Crippen LogP contribution in [0, 0.1) is 0 Å². The van der Waals surface area contributed by atoms with E-state index in [-0.39, 0.29) is 5.91 Å². The third kappa shape index (κ3) is 2.35. The van der Waals surface area contributed by atoms with Gasteiger partial charge in [-0.2, -0.15) is 5.10 Å². The zero-order chi connectivity index (χ0) is 14.0. The van der Waals surface area contributed by atoms with Gasteiger partial charge in [0.2, 0.25) is 0 Å². The van der Waals surface area contributed by atoms with Crippen LogP contribution in [0.4, 0.5) is 5.69 Å². The van der Waals surface area contributed by atoms with Gasteiger partial charge in [-0.3, -0.25) is 4.79 Å². The fourth-order valence-corrected chi connectivity index (χ4v) is 2.10. The largest absolute Gasteiger partial charge is 0.361 e. The van der Waals surface area contributed by atoms with Gasteiger partial charge >= 0.3 is 0 Å². The molecule has 1 unspecified atom stereocenters. The molecule has 19 heavy (non-hydrogen) atoms. The molecule has 1 aliphatic rings. The fourth-order valence-electron chi connectivity index (χ4n) is 2.10. The Balaban J connectivity index is 2.50. The summed E-state index contributed by atoms with van der Waals surface area (Å²) in [6.45, 7) is 8.05. The second-order valence-corrected chi connectivity index (χ2v) is 5.10. The van der Waals surface area contributed by atoms with E-state index < -0.39 is 5.66 Å². The molecule has 0 aromatic heterocycles. The van der Waals surface area contributed by atoms with Gasteiger partial charge in [0, 0.05) is 11.4 Å². The maximum Gasteiger partial charge on any atom is 0.278 e. The summed E-state index contributed by atoms with van der Waals surface area (Å²) in [5, 5.41) is 9.52. The molecule has 4 nitrogen and oxygen atoms in total. The minimum Gasteiger partial charge on any atom is -0.361 e. The smallest absolute Gasteiger partial charge is 0.278 e. The Morgan fingerprint density at radius 2 is 2.05 bits per heavy atom. The molecule has 1 atom stereocenters. The van der Waals surface area contributed by atoms with E-state index >= 15 is 0 Å². The van der Waals surface area contributed by atoms with Crippen LogP contribution in [0.2, 0.25) is 0 Å². The first-order chi connectivity index (χ1) is 9.01. The van der Waals surface area contributed by atoms with Gasteiger partial charge < -0.3 is 5.32 Å². The number of nitrogens with one attached hydrogen (secondary N) is 1. The van der Waals surface area contributed by atoms with E-state index in [0.29, 0.717) is 5.56 Å². The zero-order valence-corrected chi connectivity index (χ0v) is 12.0. The van der Waals surface area contributed by atoms with Gasteiger partial charge in [-0.25, -0.2) is 5.01 Å². The average molecular weight is 259 g/mol. The monoisotopic (exact) mass is 259 g/mol.